The van der Waals surface area contributed by atoms with Crippen LogP contribution in [0.1, 0.15) is 11.4 Å². The van der Waals surface area contributed by atoms with Crippen molar-refractivity contribution in [2.24, 2.45) is 0 Å². The van der Waals surface area contributed by atoms with Crippen LogP contribution in [0.25, 0.3) is 11.3 Å². The summed E-state index contributed by atoms with van der Waals surface area (Å²) in [4.78, 5) is 18.2. The second-order valence-corrected chi connectivity index (χ2v) is 5.91. The molecule has 3 rings (SSSR count). The molecular formula is C15H16N2O3S. The van der Waals surface area contributed by atoms with Crippen molar-refractivity contribution in [3.05, 3.63) is 28.6 Å². The highest BCUT2D eigenvalue weighted by Gasteiger charge is 2.25. The zero-order valence-electron chi connectivity index (χ0n) is 11.7. The highest BCUT2D eigenvalue weighted by molar-refractivity contribution is 7.09. The van der Waals surface area contributed by atoms with Crippen molar-refractivity contribution < 1.29 is 14.6 Å². The molecule has 0 saturated heterocycles. The first-order valence-electron chi connectivity index (χ1n) is 6.79. The Morgan fingerprint density at radius 2 is 2.33 bits per heavy atom. The number of aryl methyl sites for hydroxylation is 1. The van der Waals surface area contributed by atoms with Gasteiger partial charge in [-0.1, -0.05) is 0 Å². The summed E-state index contributed by atoms with van der Waals surface area (Å²) in [6.07, 6.45) is 0.547. The molecule has 0 bridgehead atoms. The molecule has 1 aliphatic rings. The van der Waals surface area contributed by atoms with Crippen molar-refractivity contribution in [1.82, 2.24) is 4.98 Å². The smallest absolute Gasteiger partial charge is 0.265 e. The van der Waals surface area contributed by atoms with Crippen LogP contribution in [0.5, 0.6) is 5.75 Å². The van der Waals surface area contributed by atoms with E-state index >= 15 is 0 Å². The summed E-state index contributed by atoms with van der Waals surface area (Å²) in [7, 11) is 0. The fourth-order valence-corrected chi connectivity index (χ4v) is 2.95. The van der Waals surface area contributed by atoms with Crippen molar-refractivity contribution in [3.8, 4) is 17.0 Å². The summed E-state index contributed by atoms with van der Waals surface area (Å²) in [6.45, 7) is 2.57. The molecule has 1 aromatic heterocycles. The molecule has 0 aliphatic carbocycles. The maximum atomic E-state index is 12.0. The van der Waals surface area contributed by atoms with Crippen molar-refractivity contribution in [2.45, 2.75) is 13.3 Å². The van der Waals surface area contributed by atoms with Gasteiger partial charge < -0.3 is 14.7 Å². The van der Waals surface area contributed by atoms with E-state index in [1.807, 2.05) is 30.5 Å². The minimum atomic E-state index is -0.0810. The van der Waals surface area contributed by atoms with Crippen molar-refractivity contribution in [3.63, 3.8) is 0 Å². The van der Waals surface area contributed by atoms with Crippen molar-refractivity contribution in [2.75, 3.05) is 24.7 Å². The Morgan fingerprint density at radius 3 is 3.05 bits per heavy atom. The molecule has 1 amide bonds. The maximum Gasteiger partial charge on any atom is 0.265 e. The summed E-state index contributed by atoms with van der Waals surface area (Å²) in [6, 6.07) is 5.75. The van der Waals surface area contributed by atoms with Gasteiger partial charge in [0.15, 0.2) is 6.61 Å². The standard InChI is InChI=1S/C15H16N2O3S/c1-10-16-12(9-21-10)11-3-4-14-13(7-11)17(5-2-6-18)15(19)8-20-14/h3-4,7,9,18H,2,5-6,8H2,1H3. The van der Waals surface area contributed by atoms with E-state index in [0.29, 0.717) is 18.7 Å². The lowest BCUT2D eigenvalue weighted by atomic mass is 10.1. The Hall–Kier alpha value is -1.92. The van der Waals surface area contributed by atoms with E-state index < -0.39 is 0 Å². The fraction of sp³-hybridized carbons (Fsp3) is 0.333. The van der Waals surface area contributed by atoms with Crippen LogP contribution in [-0.4, -0.2) is 35.8 Å². The van der Waals surface area contributed by atoms with Gasteiger partial charge in [-0.25, -0.2) is 4.98 Å². The molecule has 21 heavy (non-hydrogen) atoms. The Balaban J connectivity index is 1.98. The number of fused-ring (bicyclic) bond motifs is 1. The number of thiazole rings is 1. The van der Waals surface area contributed by atoms with Gasteiger partial charge in [0.1, 0.15) is 5.75 Å². The second-order valence-electron chi connectivity index (χ2n) is 4.85. The van der Waals surface area contributed by atoms with Crippen LogP contribution in [0.3, 0.4) is 0 Å². The SMILES string of the molecule is Cc1nc(-c2ccc3c(c2)N(CCCO)C(=O)CO3)cs1. The fourth-order valence-electron chi connectivity index (χ4n) is 2.33. The summed E-state index contributed by atoms with van der Waals surface area (Å²) in [5.41, 5.74) is 2.62. The molecule has 6 heteroatoms. The molecule has 0 spiro atoms. The molecule has 110 valence electrons. The number of nitrogens with zero attached hydrogens (tertiary/aromatic N) is 2. The van der Waals surface area contributed by atoms with E-state index in [2.05, 4.69) is 4.98 Å². The number of aliphatic hydroxyl groups excluding tert-OH is 1. The monoisotopic (exact) mass is 304 g/mol. The second kappa shape index (κ2) is 5.83. The molecule has 2 heterocycles. The zero-order chi connectivity index (χ0) is 14.8. The van der Waals surface area contributed by atoms with Crippen molar-refractivity contribution >= 4 is 22.9 Å². The number of aliphatic hydroxyl groups is 1. The number of benzene rings is 1. The number of carbonyl (C=O) groups is 1. The van der Waals surface area contributed by atoms with Gasteiger partial charge in [0.25, 0.3) is 5.91 Å². The van der Waals surface area contributed by atoms with Gasteiger partial charge in [0, 0.05) is 24.1 Å². The molecule has 1 N–H and O–H groups in total. The quantitative estimate of drug-likeness (QED) is 0.941. The third kappa shape index (κ3) is 2.77. The number of hydrogen-bond donors (Lipinski definition) is 1. The molecule has 0 saturated carbocycles. The van der Waals surface area contributed by atoms with E-state index in [0.717, 1.165) is 22.0 Å². The van der Waals surface area contributed by atoms with Gasteiger partial charge in [-0.2, -0.15) is 0 Å². The van der Waals surface area contributed by atoms with Gasteiger partial charge in [-0.15, -0.1) is 11.3 Å². The molecule has 0 unspecified atom stereocenters. The zero-order valence-corrected chi connectivity index (χ0v) is 12.5. The number of anilines is 1. The van der Waals surface area contributed by atoms with Crippen LogP contribution in [0.4, 0.5) is 5.69 Å². The number of carbonyl (C=O) groups excluding carboxylic acids is 1. The van der Waals surface area contributed by atoms with Gasteiger partial charge >= 0.3 is 0 Å². The number of hydrogen-bond acceptors (Lipinski definition) is 5. The van der Waals surface area contributed by atoms with Crippen LogP contribution in [-0.2, 0) is 4.79 Å². The maximum absolute atomic E-state index is 12.0. The number of aromatic nitrogens is 1. The van der Waals surface area contributed by atoms with E-state index in [4.69, 9.17) is 9.84 Å². The topological polar surface area (TPSA) is 62.7 Å². The molecule has 5 nitrogen and oxygen atoms in total. The first-order valence-corrected chi connectivity index (χ1v) is 7.67. The van der Waals surface area contributed by atoms with Crippen LogP contribution in [0.2, 0.25) is 0 Å². The molecule has 0 atom stereocenters. The van der Waals surface area contributed by atoms with Crippen LogP contribution in [0.15, 0.2) is 23.6 Å². The molecule has 2 aromatic rings. The Morgan fingerprint density at radius 1 is 1.48 bits per heavy atom. The average Bonchev–Trinajstić information content (AvgIpc) is 2.92. The number of ether oxygens (including phenoxy) is 1. The lowest BCUT2D eigenvalue weighted by molar-refractivity contribution is -0.121. The lowest BCUT2D eigenvalue weighted by Gasteiger charge is -2.29. The number of rotatable bonds is 4. The normalized spacial score (nSPS) is 14.0. The Labute approximate surface area is 126 Å². The lowest BCUT2D eigenvalue weighted by Crippen LogP contribution is -2.39. The molecule has 1 aromatic carbocycles. The molecule has 0 fully saturated rings. The summed E-state index contributed by atoms with van der Waals surface area (Å²) in [5, 5.41) is 12.0. The van der Waals surface area contributed by atoms with Crippen molar-refractivity contribution in [1.29, 1.82) is 0 Å². The first kappa shape index (κ1) is 14.0. The van der Waals surface area contributed by atoms with Gasteiger partial charge in [0.2, 0.25) is 0 Å². The van der Waals surface area contributed by atoms with E-state index in [1.54, 1.807) is 16.2 Å². The largest absolute Gasteiger partial charge is 0.482 e. The molecule has 1 aliphatic heterocycles. The highest BCUT2D eigenvalue weighted by atomic mass is 32.1. The predicted molar refractivity (Wildman–Crippen MR) is 81.8 cm³/mol. The Bertz CT molecular complexity index is 669. The summed E-state index contributed by atoms with van der Waals surface area (Å²) in [5.74, 6) is 0.616. The average molecular weight is 304 g/mol. The summed E-state index contributed by atoms with van der Waals surface area (Å²) < 4.78 is 5.47. The molecular weight excluding hydrogens is 288 g/mol. The van der Waals surface area contributed by atoms with E-state index in [-0.39, 0.29) is 19.1 Å². The van der Waals surface area contributed by atoms with E-state index in [9.17, 15) is 4.79 Å². The van der Waals surface area contributed by atoms with E-state index in [1.165, 1.54) is 0 Å². The third-order valence-corrected chi connectivity index (χ3v) is 4.13. The van der Waals surface area contributed by atoms with Gasteiger partial charge in [-0.05, 0) is 31.5 Å². The third-order valence-electron chi connectivity index (χ3n) is 3.36. The van der Waals surface area contributed by atoms with Crippen LogP contribution >= 0.6 is 11.3 Å². The minimum absolute atomic E-state index is 0.0492. The van der Waals surface area contributed by atoms with Gasteiger partial charge in [0.05, 0.1) is 16.4 Å². The minimum Gasteiger partial charge on any atom is -0.482 e. The van der Waals surface area contributed by atoms with Crippen LogP contribution < -0.4 is 9.64 Å². The highest BCUT2D eigenvalue weighted by Crippen LogP contribution is 2.36. The van der Waals surface area contributed by atoms with Crippen LogP contribution in [0, 0.1) is 6.92 Å². The van der Waals surface area contributed by atoms with Gasteiger partial charge in [-0.3, -0.25) is 4.79 Å². The first-order chi connectivity index (χ1) is 10.2. The summed E-state index contributed by atoms with van der Waals surface area (Å²) >= 11 is 1.60. The Kier molecular flexibility index (Phi) is 3.90. The number of amides is 1. The predicted octanol–water partition coefficient (Wildman–Crippen LogP) is 2.23. The molecule has 0 radical (unpaired) electrons.